The van der Waals surface area contributed by atoms with Crippen LogP contribution in [0.25, 0.3) is 0 Å². The third-order valence-electron chi connectivity index (χ3n) is 3.10. The van der Waals surface area contributed by atoms with Crippen LogP contribution in [0.2, 0.25) is 0 Å². The lowest BCUT2D eigenvalue weighted by molar-refractivity contribution is 0.0938. The van der Waals surface area contributed by atoms with Crippen molar-refractivity contribution in [2.45, 2.75) is 40.5 Å². The van der Waals surface area contributed by atoms with Crippen molar-refractivity contribution >= 4 is 33.2 Å². The topological polar surface area (TPSA) is 29.1 Å². The molecule has 1 rings (SSSR count). The van der Waals surface area contributed by atoms with Gasteiger partial charge >= 0.3 is 0 Å². The minimum Gasteiger partial charge on any atom is -0.351 e. The highest BCUT2D eigenvalue weighted by atomic mass is 79.9. The van der Waals surface area contributed by atoms with E-state index in [0.29, 0.717) is 0 Å². The zero-order valence-corrected chi connectivity index (χ0v) is 14.0. The molecule has 0 saturated carbocycles. The van der Waals surface area contributed by atoms with Crippen molar-refractivity contribution in [3.8, 4) is 0 Å². The van der Waals surface area contributed by atoms with Crippen LogP contribution in [0.15, 0.2) is 6.07 Å². The molecule has 1 aromatic heterocycles. The molecule has 0 atom stereocenters. The fourth-order valence-electron chi connectivity index (χ4n) is 1.73. The molecule has 102 valence electrons. The number of hydrogen-bond donors (Lipinski definition) is 1. The van der Waals surface area contributed by atoms with Gasteiger partial charge in [0.05, 0.1) is 4.88 Å². The molecule has 0 aliphatic heterocycles. The van der Waals surface area contributed by atoms with E-state index >= 15 is 0 Å². The van der Waals surface area contributed by atoms with Gasteiger partial charge in [0, 0.05) is 16.8 Å². The van der Waals surface area contributed by atoms with Crippen molar-refractivity contribution in [2.75, 3.05) is 11.9 Å². The van der Waals surface area contributed by atoms with Crippen LogP contribution < -0.4 is 5.32 Å². The number of alkyl halides is 1. The van der Waals surface area contributed by atoms with Crippen molar-refractivity contribution in [1.29, 1.82) is 0 Å². The number of rotatable bonds is 6. The Hall–Kier alpha value is -0.350. The van der Waals surface area contributed by atoms with E-state index in [1.807, 2.05) is 13.0 Å². The third-order valence-corrected chi connectivity index (χ3v) is 4.82. The Kier molecular flexibility index (Phi) is 5.86. The predicted molar refractivity (Wildman–Crippen MR) is 82.9 cm³/mol. The van der Waals surface area contributed by atoms with Crippen LogP contribution in [0.3, 0.4) is 0 Å². The Bertz CT molecular complexity index is 392. The van der Waals surface area contributed by atoms with Crippen molar-refractivity contribution in [3.63, 3.8) is 0 Å². The lowest BCUT2D eigenvalue weighted by Gasteiger charge is -2.24. The average Bonchev–Trinajstić information content (AvgIpc) is 2.64. The molecule has 0 aliphatic carbocycles. The molecule has 0 unspecified atom stereocenters. The summed E-state index contributed by atoms with van der Waals surface area (Å²) < 4.78 is 0. The molecule has 0 bridgehead atoms. The zero-order chi connectivity index (χ0) is 13.8. The first-order chi connectivity index (χ1) is 8.35. The molecule has 1 amide bonds. The molecule has 2 nitrogen and oxygen atoms in total. The number of aryl methyl sites for hydroxylation is 2. The van der Waals surface area contributed by atoms with Gasteiger partial charge in [-0.05, 0) is 43.7 Å². The molecule has 0 radical (unpaired) electrons. The van der Waals surface area contributed by atoms with Gasteiger partial charge in [-0.15, -0.1) is 11.3 Å². The summed E-state index contributed by atoms with van der Waals surface area (Å²) in [6.07, 6.45) is 2.25. The zero-order valence-electron chi connectivity index (χ0n) is 11.6. The van der Waals surface area contributed by atoms with Crippen LogP contribution >= 0.6 is 27.3 Å². The molecule has 0 saturated heterocycles. The summed E-state index contributed by atoms with van der Waals surface area (Å²) in [4.78, 5) is 14.1. The first kappa shape index (κ1) is 15.7. The highest BCUT2D eigenvalue weighted by Crippen LogP contribution is 2.23. The van der Waals surface area contributed by atoms with Gasteiger partial charge in [-0.2, -0.15) is 0 Å². The fourth-order valence-corrected chi connectivity index (χ4v) is 2.96. The van der Waals surface area contributed by atoms with Crippen molar-refractivity contribution in [1.82, 2.24) is 5.32 Å². The molecule has 0 aliphatic rings. The van der Waals surface area contributed by atoms with Gasteiger partial charge in [0.15, 0.2) is 0 Å². The number of carbonyl (C=O) groups excluding carboxylic acids is 1. The molecule has 0 spiro atoms. The number of hydrogen-bond acceptors (Lipinski definition) is 2. The Balaban J connectivity index is 2.50. The smallest absolute Gasteiger partial charge is 0.261 e. The predicted octanol–water partition coefficient (Wildman–Crippen LogP) is 4.30. The van der Waals surface area contributed by atoms with Gasteiger partial charge in [0.25, 0.3) is 5.91 Å². The maximum Gasteiger partial charge on any atom is 0.261 e. The quantitative estimate of drug-likeness (QED) is 0.774. The molecule has 1 N–H and O–H groups in total. The van der Waals surface area contributed by atoms with Gasteiger partial charge in [-0.25, -0.2) is 0 Å². The standard InChI is InChI=1S/C14H22BrNOS/c1-10-8-12(18-11(10)2)13(17)16-9-14(3,4)6-5-7-15/h8H,5-7,9H2,1-4H3,(H,16,17). The molecule has 4 heteroatoms. The summed E-state index contributed by atoms with van der Waals surface area (Å²) in [6.45, 7) is 9.22. The summed E-state index contributed by atoms with van der Waals surface area (Å²) in [5.41, 5.74) is 1.36. The maximum atomic E-state index is 12.0. The summed E-state index contributed by atoms with van der Waals surface area (Å²) >= 11 is 5.02. The minimum absolute atomic E-state index is 0.0584. The average molecular weight is 332 g/mol. The number of amides is 1. The molecular weight excluding hydrogens is 310 g/mol. The van der Waals surface area contributed by atoms with E-state index < -0.39 is 0 Å². The summed E-state index contributed by atoms with van der Waals surface area (Å²) in [7, 11) is 0. The minimum atomic E-state index is 0.0584. The molecule has 0 fully saturated rings. The number of carbonyl (C=O) groups is 1. The van der Waals surface area contributed by atoms with Crippen molar-refractivity contribution in [3.05, 3.63) is 21.4 Å². The van der Waals surface area contributed by atoms with Gasteiger partial charge < -0.3 is 5.32 Å². The van der Waals surface area contributed by atoms with E-state index in [4.69, 9.17) is 0 Å². The normalized spacial score (nSPS) is 11.6. The van der Waals surface area contributed by atoms with Crippen LogP contribution in [0.5, 0.6) is 0 Å². The largest absolute Gasteiger partial charge is 0.351 e. The van der Waals surface area contributed by atoms with Crippen LogP contribution in [0.4, 0.5) is 0 Å². The Morgan fingerprint density at radius 1 is 1.44 bits per heavy atom. The van der Waals surface area contributed by atoms with E-state index in [1.54, 1.807) is 11.3 Å². The van der Waals surface area contributed by atoms with Crippen molar-refractivity contribution in [2.24, 2.45) is 5.41 Å². The molecular formula is C14H22BrNOS. The van der Waals surface area contributed by atoms with Crippen LogP contribution in [0, 0.1) is 19.3 Å². The Morgan fingerprint density at radius 3 is 2.61 bits per heavy atom. The molecule has 1 heterocycles. The van der Waals surface area contributed by atoms with Crippen LogP contribution in [0.1, 0.15) is 46.8 Å². The van der Waals surface area contributed by atoms with Gasteiger partial charge in [0.2, 0.25) is 0 Å². The van der Waals surface area contributed by atoms with Gasteiger partial charge in [0.1, 0.15) is 0 Å². The van der Waals surface area contributed by atoms with Gasteiger partial charge in [-0.3, -0.25) is 4.79 Å². The van der Waals surface area contributed by atoms with Crippen molar-refractivity contribution < 1.29 is 4.79 Å². The maximum absolute atomic E-state index is 12.0. The lowest BCUT2D eigenvalue weighted by atomic mass is 9.88. The number of thiophene rings is 1. The number of nitrogens with one attached hydrogen (secondary N) is 1. The van der Waals surface area contributed by atoms with E-state index in [2.05, 4.69) is 42.0 Å². The van der Waals surface area contributed by atoms with Gasteiger partial charge in [-0.1, -0.05) is 29.8 Å². The van der Waals surface area contributed by atoms with E-state index in [-0.39, 0.29) is 11.3 Å². The molecule has 1 aromatic rings. The first-order valence-corrected chi connectivity index (χ1v) is 8.21. The molecule has 0 aromatic carbocycles. The second kappa shape index (κ2) is 6.71. The monoisotopic (exact) mass is 331 g/mol. The lowest BCUT2D eigenvalue weighted by Crippen LogP contribution is -2.33. The number of halogens is 1. The second-order valence-electron chi connectivity index (χ2n) is 5.49. The Morgan fingerprint density at radius 2 is 2.11 bits per heavy atom. The highest BCUT2D eigenvalue weighted by molar-refractivity contribution is 9.09. The summed E-state index contributed by atoms with van der Waals surface area (Å²) in [5.74, 6) is 0.0584. The Labute approximate surface area is 122 Å². The van der Waals surface area contributed by atoms with E-state index in [1.165, 1.54) is 10.4 Å². The summed E-state index contributed by atoms with van der Waals surface area (Å²) in [6, 6.07) is 1.97. The fraction of sp³-hybridized carbons (Fsp3) is 0.643. The second-order valence-corrected chi connectivity index (χ2v) is 7.54. The van der Waals surface area contributed by atoms with E-state index in [0.717, 1.165) is 29.6 Å². The SMILES string of the molecule is Cc1cc(C(=O)NCC(C)(C)CCCBr)sc1C. The molecule has 18 heavy (non-hydrogen) atoms. The van der Waals surface area contributed by atoms with E-state index in [9.17, 15) is 4.79 Å². The summed E-state index contributed by atoms with van der Waals surface area (Å²) in [5, 5.41) is 4.07. The highest BCUT2D eigenvalue weighted by Gasteiger charge is 2.19. The van der Waals surface area contributed by atoms with Crippen LogP contribution in [-0.2, 0) is 0 Å². The third kappa shape index (κ3) is 4.73. The first-order valence-electron chi connectivity index (χ1n) is 6.27. The van der Waals surface area contributed by atoms with Crippen LogP contribution in [-0.4, -0.2) is 17.8 Å².